The highest BCUT2D eigenvalue weighted by Gasteiger charge is 2.06. The molecule has 96 valence electrons. The predicted octanol–water partition coefficient (Wildman–Crippen LogP) is 1.94. The molecular formula is C13H11BrN4O. The van der Waals surface area contributed by atoms with E-state index in [0.29, 0.717) is 11.9 Å². The Morgan fingerprint density at radius 3 is 2.89 bits per heavy atom. The molecule has 19 heavy (non-hydrogen) atoms. The molecule has 0 N–H and O–H groups in total. The number of rotatable bonds is 2. The SMILES string of the molecule is Cn1ncnc1Cn1ccc2cc(Br)ccc2c1=O. The highest BCUT2D eigenvalue weighted by Crippen LogP contribution is 2.16. The number of nitrogens with zero attached hydrogens (tertiary/aromatic N) is 4. The summed E-state index contributed by atoms with van der Waals surface area (Å²) in [6, 6.07) is 7.56. The minimum atomic E-state index is -0.0204. The van der Waals surface area contributed by atoms with Gasteiger partial charge in [-0.1, -0.05) is 15.9 Å². The van der Waals surface area contributed by atoms with E-state index < -0.39 is 0 Å². The van der Waals surface area contributed by atoms with E-state index >= 15 is 0 Å². The van der Waals surface area contributed by atoms with Gasteiger partial charge in [0.15, 0.2) is 0 Å². The molecule has 2 heterocycles. The maximum atomic E-state index is 12.4. The van der Waals surface area contributed by atoms with Crippen LogP contribution >= 0.6 is 15.9 Å². The van der Waals surface area contributed by atoms with Gasteiger partial charge in [-0.25, -0.2) is 4.98 Å². The zero-order valence-corrected chi connectivity index (χ0v) is 11.8. The predicted molar refractivity (Wildman–Crippen MR) is 76.0 cm³/mol. The van der Waals surface area contributed by atoms with Crippen molar-refractivity contribution in [3.63, 3.8) is 0 Å². The monoisotopic (exact) mass is 318 g/mol. The molecule has 0 aliphatic rings. The van der Waals surface area contributed by atoms with Crippen molar-refractivity contribution in [1.29, 1.82) is 0 Å². The molecule has 5 nitrogen and oxygen atoms in total. The maximum absolute atomic E-state index is 12.4. The zero-order valence-electron chi connectivity index (χ0n) is 10.2. The minimum Gasteiger partial charge on any atom is -0.307 e. The molecule has 0 aliphatic heterocycles. The van der Waals surface area contributed by atoms with Crippen molar-refractivity contribution >= 4 is 26.7 Å². The van der Waals surface area contributed by atoms with Gasteiger partial charge >= 0.3 is 0 Å². The Kier molecular flexibility index (Phi) is 2.94. The van der Waals surface area contributed by atoms with E-state index in [4.69, 9.17) is 0 Å². The number of hydrogen-bond acceptors (Lipinski definition) is 3. The van der Waals surface area contributed by atoms with Crippen LogP contribution in [-0.4, -0.2) is 19.3 Å². The summed E-state index contributed by atoms with van der Waals surface area (Å²) < 4.78 is 4.27. The van der Waals surface area contributed by atoms with Crippen LogP contribution in [0.5, 0.6) is 0 Å². The molecular weight excluding hydrogens is 308 g/mol. The molecule has 0 spiro atoms. The van der Waals surface area contributed by atoms with Crippen LogP contribution in [0, 0.1) is 0 Å². The number of aryl methyl sites for hydroxylation is 1. The fraction of sp³-hybridized carbons (Fsp3) is 0.154. The summed E-state index contributed by atoms with van der Waals surface area (Å²) in [5.74, 6) is 0.749. The van der Waals surface area contributed by atoms with E-state index in [0.717, 1.165) is 15.7 Å². The number of fused-ring (bicyclic) bond motifs is 1. The van der Waals surface area contributed by atoms with Crippen molar-refractivity contribution < 1.29 is 0 Å². The van der Waals surface area contributed by atoms with Gasteiger partial charge in [0, 0.05) is 23.1 Å². The fourth-order valence-electron chi connectivity index (χ4n) is 2.00. The molecule has 0 aliphatic carbocycles. The lowest BCUT2D eigenvalue weighted by Crippen LogP contribution is -2.21. The molecule has 2 aromatic heterocycles. The molecule has 0 saturated heterocycles. The first-order valence-corrected chi connectivity index (χ1v) is 6.56. The quantitative estimate of drug-likeness (QED) is 0.725. The minimum absolute atomic E-state index is 0.0204. The number of aromatic nitrogens is 4. The Morgan fingerprint density at radius 1 is 1.32 bits per heavy atom. The number of benzene rings is 1. The van der Waals surface area contributed by atoms with Crippen molar-refractivity contribution in [2.45, 2.75) is 6.54 Å². The third-order valence-electron chi connectivity index (χ3n) is 3.06. The second-order valence-corrected chi connectivity index (χ2v) is 5.20. The highest BCUT2D eigenvalue weighted by molar-refractivity contribution is 9.10. The third kappa shape index (κ3) is 2.19. The summed E-state index contributed by atoms with van der Waals surface area (Å²) in [7, 11) is 1.81. The molecule has 3 rings (SSSR count). The van der Waals surface area contributed by atoms with Crippen LogP contribution in [0.3, 0.4) is 0 Å². The van der Waals surface area contributed by atoms with Crippen LogP contribution in [0.15, 0.2) is 46.1 Å². The molecule has 6 heteroatoms. The van der Waals surface area contributed by atoms with E-state index in [2.05, 4.69) is 26.0 Å². The van der Waals surface area contributed by atoms with Gasteiger partial charge in [0.2, 0.25) is 0 Å². The van der Waals surface area contributed by atoms with Crippen molar-refractivity contribution in [1.82, 2.24) is 19.3 Å². The average molecular weight is 319 g/mol. The van der Waals surface area contributed by atoms with Crippen LogP contribution in [0.25, 0.3) is 10.8 Å². The fourth-order valence-corrected chi connectivity index (χ4v) is 2.38. The maximum Gasteiger partial charge on any atom is 0.258 e. The van der Waals surface area contributed by atoms with Crippen LogP contribution in [-0.2, 0) is 13.6 Å². The number of pyridine rings is 1. The molecule has 0 fully saturated rings. The van der Waals surface area contributed by atoms with Crippen molar-refractivity contribution in [2.75, 3.05) is 0 Å². The van der Waals surface area contributed by atoms with E-state index in [1.54, 1.807) is 15.4 Å². The summed E-state index contributed by atoms with van der Waals surface area (Å²) in [6.45, 7) is 0.418. The van der Waals surface area contributed by atoms with Gasteiger partial charge < -0.3 is 4.57 Å². The Bertz CT molecular complexity index is 806. The van der Waals surface area contributed by atoms with Crippen molar-refractivity contribution in [3.8, 4) is 0 Å². The first-order chi connectivity index (χ1) is 9.15. The molecule has 0 bridgehead atoms. The van der Waals surface area contributed by atoms with Gasteiger partial charge in [0.1, 0.15) is 12.2 Å². The van der Waals surface area contributed by atoms with Gasteiger partial charge in [0.05, 0.1) is 6.54 Å². The van der Waals surface area contributed by atoms with Crippen molar-refractivity contribution in [3.05, 3.63) is 57.4 Å². The molecule has 0 saturated carbocycles. The molecule has 1 aromatic carbocycles. The molecule has 0 radical (unpaired) electrons. The molecule has 0 unspecified atom stereocenters. The van der Waals surface area contributed by atoms with Gasteiger partial charge in [-0.15, -0.1) is 0 Å². The lowest BCUT2D eigenvalue weighted by atomic mass is 10.2. The second kappa shape index (κ2) is 4.62. The smallest absolute Gasteiger partial charge is 0.258 e. The highest BCUT2D eigenvalue weighted by atomic mass is 79.9. The summed E-state index contributed by atoms with van der Waals surface area (Å²) in [5.41, 5.74) is -0.0204. The largest absolute Gasteiger partial charge is 0.307 e. The van der Waals surface area contributed by atoms with Crippen molar-refractivity contribution in [2.24, 2.45) is 7.05 Å². The van der Waals surface area contributed by atoms with E-state index in [9.17, 15) is 4.79 Å². The summed E-state index contributed by atoms with van der Waals surface area (Å²) in [4.78, 5) is 16.5. The third-order valence-corrected chi connectivity index (χ3v) is 3.55. The Morgan fingerprint density at radius 2 is 2.16 bits per heavy atom. The second-order valence-electron chi connectivity index (χ2n) is 4.28. The van der Waals surface area contributed by atoms with E-state index in [1.807, 2.05) is 31.3 Å². The van der Waals surface area contributed by atoms with Gasteiger partial charge in [0.25, 0.3) is 5.56 Å². The topological polar surface area (TPSA) is 52.7 Å². The Balaban J connectivity index is 2.11. The van der Waals surface area contributed by atoms with Gasteiger partial charge in [-0.2, -0.15) is 5.10 Å². The van der Waals surface area contributed by atoms with E-state index in [1.165, 1.54) is 6.33 Å². The number of halogens is 1. The van der Waals surface area contributed by atoms with Crippen LogP contribution in [0.2, 0.25) is 0 Å². The zero-order chi connectivity index (χ0) is 13.4. The Labute approximate surface area is 117 Å². The molecule has 0 atom stereocenters. The number of hydrogen-bond donors (Lipinski definition) is 0. The molecule has 3 aromatic rings. The lowest BCUT2D eigenvalue weighted by Gasteiger charge is -2.06. The van der Waals surface area contributed by atoms with Gasteiger partial charge in [-0.3, -0.25) is 9.48 Å². The summed E-state index contributed by atoms with van der Waals surface area (Å²) in [5, 5.41) is 5.63. The van der Waals surface area contributed by atoms with E-state index in [-0.39, 0.29) is 5.56 Å². The van der Waals surface area contributed by atoms with Gasteiger partial charge in [-0.05, 0) is 29.7 Å². The van der Waals surface area contributed by atoms with Crippen LogP contribution < -0.4 is 5.56 Å². The Hall–Kier alpha value is -1.95. The first kappa shape index (κ1) is 12.1. The lowest BCUT2D eigenvalue weighted by molar-refractivity contribution is 0.643. The molecule has 0 amide bonds. The first-order valence-electron chi connectivity index (χ1n) is 5.77. The standard InChI is InChI=1S/C13H11BrN4O/c1-17-12(15-8-16-17)7-18-5-4-9-6-10(14)2-3-11(9)13(18)19/h2-6,8H,7H2,1H3. The van der Waals surface area contributed by atoms with Crippen LogP contribution in [0.1, 0.15) is 5.82 Å². The van der Waals surface area contributed by atoms with Crippen LogP contribution in [0.4, 0.5) is 0 Å². The normalized spacial score (nSPS) is 11.1. The summed E-state index contributed by atoms with van der Waals surface area (Å²) >= 11 is 3.40. The average Bonchev–Trinajstić information content (AvgIpc) is 2.78. The summed E-state index contributed by atoms with van der Waals surface area (Å²) in [6.07, 6.45) is 3.27.